The monoisotopic (exact) mass is 228 g/mol. The minimum atomic E-state index is -0.877. The van der Waals surface area contributed by atoms with Crippen molar-refractivity contribution in [1.29, 1.82) is 0 Å². The van der Waals surface area contributed by atoms with Crippen molar-refractivity contribution >= 4 is 28.0 Å². The molecule has 0 saturated carbocycles. The number of aliphatic carboxylic acids is 1. The first-order chi connectivity index (χ1) is 5.66. The molecule has 0 aromatic carbocycles. The van der Waals surface area contributed by atoms with Gasteiger partial charge in [-0.1, -0.05) is 0 Å². The van der Waals surface area contributed by atoms with E-state index in [0.29, 0.717) is 22.4 Å². The Kier molecular flexibility index (Phi) is 1.58. The van der Waals surface area contributed by atoms with Crippen molar-refractivity contribution < 1.29 is 14.3 Å². The topological polar surface area (TPSA) is 50.4 Å². The van der Waals surface area contributed by atoms with Crippen LogP contribution < -0.4 is 0 Å². The van der Waals surface area contributed by atoms with Gasteiger partial charge < -0.3 is 9.52 Å². The van der Waals surface area contributed by atoms with Crippen molar-refractivity contribution in [3.05, 3.63) is 27.6 Å². The normalized spacial score (nSPS) is 14.2. The van der Waals surface area contributed by atoms with Crippen molar-refractivity contribution in [3.8, 4) is 0 Å². The van der Waals surface area contributed by atoms with Crippen LogP contribution in [0.1, 0.15) is 11.3 Å². The Labute approximate surface area is 76.8 Å². The molecule has 0 aliphatic heterocycles. The Morgan fingerprint density at radius 2 is 2.42 bits per heavy atom. The first-order valence-electron chi connectivity index (χ1n) is 3.39. The largest absolute Gasteiger partial charge is 0.478 e. The van der Waals surface area contributed by atoms with Gasteiger partial charge in [0.2, 0.25) is 0 Å². The maximum atomic E-state index is 10.5. The summed E-state index contributed by atoms with van der Waals surface area (Å²) in [5.41, 5.74) is 1.32. The summed E-state index contributed by atoms with van der Waals surface area (Å²) in [6.45, 7) is 0. The van der Waals surface area contributed by atoms with Crippen LogP contribution in [0.3, 0.4) is 0 Å². The lowest BCUT2D eigenvalue weighted by Crippen LogP contribution is -1.99. The summed E-state index contributed by atoms with van der Waals surface area (Å²) >= 11 is 3.17. The fourth-order valence-corrected chi connectivity index (χ4v) is 1.67. The Morgan fingerprint density at radius 3 is 3.00 bits per heavy atom. The van der Waals surface area contributed by atoms with E-state index >= 15 is 0 Å². The van der Waals surface area contributed by atoms with E-state index in [2.05, 4.69) is 15.9 Å². The van der Waals surface area contributed by atoms with Gasteiger partial charge in [0.15, 0.2) is 4.67 Å². The molecule has 1 aromatic heterocycles. The van der Waals surface area contributed by atoms with Gasteiger partial charge in [0.1, 0.15) is 5.76 Å². The summed E-state index contributed by atoms with van der Waals surface area (Å²) in [5.74, 6) is -0.225. The van der Waals surface area contributed by atoms with Gasteiger partial charge in [-0.05, 0) is 28.1 Å². The van der Waals surface area contributed by atoms with Crippen molar-refractivity contribution in [2.24, 2.45) is 0 Å². The van der Waals surface area contributed by atoms with E-state index in [4.69, 9.17) is 9.52 Å². The van der Waals surface area contributed by atoms with Gasteiger partial charge in [0, 0.05) is 17.6 Å². The van der Waals surface area contributed by atoms with Crippen LogP contribution in [0, 0.1) is 0 Å². The predicted octanol–water partition coefficient (Wildman–Crippen LogP) is 2.07. The first kappa shape index (κ1) is 7.61. The minimum Gasteiger partial charge on any atom is -0.478 e. The summed E-state index contributed by atoms with van der Waals surface area (Å²) < 4.78 is 5.83. The molecule has 1 heterocycles. The highest BCUT2D eigenvalue weighted by molar-refractivity contribution is 9.10. The lowest BCUT2D eigenvalue weighted by molar-refractivity contribution is -0.132. The molecule has 0 fully saturated rings. The van der Waals surface area contributed by atoms with Gasteiger partial charge in [-0.25, -0.2) is 4.79 Å². The zero-order chi connectivity index (χ0) is 8.72. The zero-order valence-corrected chi connectivity index (χ0v) is 7.59. The van der Waals surface area contributed by atoms with Crippen LogP contribution in [-0.4, -0.2) is 11.1 Å². The molecular weight excluding hydrogens is 224 g/mol. The fourth-order valence-electron chi connectivity index (χ4n) is 1.22. The van der Waals surface area contributed by atoms with Crippen LogP contribution in [-0.2, 0) is 11.2 Å². The fraction of sp³-hybridized carbons (Fsp3) is 0.125. The molecule has 0 spiro atoms. The molecule has 3 nitrogen and oxygen atoms in total. The number of hydrogen-bond acceptors (Lipinski definition) is 2. The maximum absolute atomic E-state index is 10.5. The number of hydrogen-bond donors (Lipinski definition) is 1. The Hall–Kier alpha value is -1.03. The van der Waals surface area contributed by atoms with Crippen LogP contribution in [0.2, 0.25) is 0 Å². The van der Waals surface area contributed by atoms with E-state index in [1.807, 2.05) is 0 Å². The molecule has 0 amide bonds. The number of carboxylic acid groups (broad SMARTS) is 1. The summed E-state index contributed by atoms with van der Waals surface area (Å²) in [7, 11) is 0. The van der Waals surface area contributed by atoms with E-state index in [-0.39, 0.29) is 0 Å². The van der Waals surface area contributed by atoms with E-state index in [9.17, 15) is 4.79 Å². The second kappa shape index (κ2) is 2.48. The highest BCUT2D eigenvalue weighted by Gasteiger charge is 2.21. The second-order valence-electron chi connectivity index (χ2n) is 2.59. The van der Waals surface area contributed by atoms with Crippen LogP contribution in [0.4, 0.5) is 0 Å². The quantitative estimate of drug-likeness (QED) is 0.801. The molecule has 1 aromatic rings. The standard InChI is InChI=1S/C8H5BrO3/c9-7-3-4-1-5(8(10)11)2-6(4)12-7/h2-3H,1H2,(H,10,11). The number of rotatable bonds is 1. The van der Waals surface area contributed by atoms with Crippen LogP contribution >= 0.6 is 15.9 Å². The van der Waals surface area contributed by atoms with Crippen LogP contribution in [0.15, 0.2) is 20.7 Å². The molecule has 0 radical (unpaired) electrons. The summed E-state index contributed by atoms with van der Waals surface area (Å²) in [5, 5.41) is 8.65. The van der Waals surface area contributed by atoms with Crippen LogP contribution in [0.25, 0.3) is 6.08 Å². The molecule has 4 heteroatoms. The van der Waals surface area contributed by atoms with Crippen molar-refractivity contribution in [2.75, 3.05) is 0 Å². The summed E-state index contributed by atoms with van der Waals surface area (Å²) in [6.07, 6.45) is 2.02. The molecule has 2 rings (SSSR count). The van der Waals surface area contributed by atoms with Gasteiger partial charge in [-0.15, -0.1) is 0 Å². The zero-order valence-electron chi connectivity index (χ0n) is 6.00. The van der Waals surface area contributed by atoms with Gasteiger partial charge in [0.25, 0.3) is 0 Å². The van der Waals surface area contributed by atoms with E-state index in [0.717, 1.165) is 5.56 Å². The number of carbonyl (C=O) groups is 1. The van der Waals surface area contributed by atoms with Crippen molar-refractivity contribution in [1.82, 2.24) is 0 Å². The third-order valence-corrected chi connectivity index (χ3v) is 2.16. The lowest BCUT2D eigenvalue weighted by atomic mass is 10.2. The smallest absolute Gasteiger partial charge is 0.332 e. The van der Waals surface area contributed by atoms with Crippen molar-refractivity contribution in [2.45, 2.75) is 6.42 Å². The van der Waals surface area contributed by atoms with Gasteiger partial charge in [-0.3, -0.25) is 0 Å². The lowest BCUT2D eigenvalue weighted by Gasteiger charge is -1.89. The molecule has 0 saturated heterocycles. The average molecular weight is 229 g/mol. The van der Waals surface area contributed by atoms with E-state index < -0.39 is 5.97 Å². The Balaban J connectivity index is 2.39. The molecule has 0 atom stereocenters. The number of furan rings is 1. The molecule has 0 bridgehead atoms. The highest BCUT2D eigenvalue weighted by atomic mass is 79.9. The van der Waals surface area contributed by atoms with Gasteiger partial charge in [-0.2, -0.15) is 0 Å². The van der Waals surface area contributed by atoms with Gasteiger partial charge in [0.05, 0.1) is 0 Å². The third-order valence-electron chi connectivity index (χ3n) is 1.77. The molecule has 1 aliphatic carbocycles. The van der Waals surface area contributed by atoms with E-state index in [1.165, 1.54) is 0 Å². The van der Waals surface area contributed by atoms with E-state index in [1.54, 1.807) is 12.1 Å². The Bertz CT molecular complexity index is 376. The van der Waals surface area contributed by atoms with Crippen molar-refractivity contribution in [3.63, 3.8) is 0 Å². The SMILES string of the molecule is O=C(O)C1=Cc2oc(Br)cc2C1. The second-order valence-corrected chi connectivity index (χ2v) is 3.37. The number of carboxylic acids is 1. The summed E-state index contributed by atoms with van der Waals surface area (Å²) in [4.78, 5) is 10.5. The molecule has 1 N–H and O–H groups in total. The van der Waals surface area contributed by atoms with Crippen LogP contribution in [0.5, 0.6) is 0 Å². The third kappa shape index (κ3) is 1.08. The summed E-state index contributed by atoms with van der Waals surface area (Å²) in [6, 6.07) is 1.79. The average Bonchev–Trinajstić information content (AvgIpc) is 2.42. The molecule has 1 aliphatic rings. The molecule has 0 unspecified atom stereocenters. The maximum Gasteiger partial charge on any atom is 0.332 e. The Morgan fingerprint density at radius 1 is 1.67 bits per heavy atom. The number of halogens is 1. The first-order valence-corrected chi connectivity index (χ1v) is 4.18. The predicted molar refractivity (Wildman–Crippen MR) is 45.7 cm³/mol. The molecule has 12 heavy (non-hydrogen) atoms. The number of fused-ring (bicyclic) bond motifs is 1. The highest BCUT2D eigenvalue weighted by Crippen LogP contribution is 2.30. The van der Waals surface area contributed by atoms with Gasteiger partial charge >= 0.3 is 5.97 Å². The molecule has 62 valence electrons. The minimum absolute atomic E-state index is 0.385. The molecular formula is C8H5BrO3.